The first kappa shape index (κ1) is 17.2. The van der Waals surface area contributed by atoms with E-state index >= 15 is 0 Å². The van der Waals surface area contributed by atoms with E-state index in [-0.39, 0.29) is 23.6 Å². The Morgan fingerprint density at radius 1 is 1.29 bits per heavy atom. The largest absolute Gasteiger partial charge is 0.478 e. The van der Waals surface area contributed by atoms with Gasteiger partial charge < -0.3 is 9.84 Å². The summed E-state index contributed by atoms with van der Waals surface area (Å²) < 4.78 is 5.34. The third-order valence-electron chi connectivity index (χ3n) is 3.88. The number of hydrogen-bond acceptors (Lipinski definition) is 3. The Kier molecular flexibility index (Phi) is 6.40. The molecule has 0 fully saturated rings. The van der Waals surface area contributed by atoms with Gasteiger partial charge in [-0.25, -0.2) is 4.79 Å². The van der Waals surface area contributed by atoms with Crippen molar-refractivity contribution in [1.29, 1.82) is 0 Å². The van der Waals surface area contributed by atoms with Crippen LogP contribution in [0.3, 0.4) is 0 Å². The summed E-state index contributed by atoms with van der Waals surface area (Å²) in [4.78, 5) is 22.3. The maximum atomic E-state index is 11.2. The molecule has 0 aromatic carbocycles. The first-order valence-corrected chi connectivity index (χ1v) is 7.22. The summed E-state index contributed by atoms with van der Waals surface area (Å²) in [5.74, 6) is -1.33. The predicted molar refractivity (Wildman–Crippen MR) is 81.8 cm³/mol. The number of carbonyl (C=O) groups is 2. The van der Waals surface area contributed by atoms with Crippen LogP contribution >= 0.6 is 0 Å². The number of carbonyl (C=O) groups excluding carboxylic acids is 1. The van der Waals surface area contributed by atoms with Crippen molar-refractivity contribution in [2.45, 2.75) is 52.6 Å². The highest BCUT2D eigenvalue weighted by Crippen LogP contribution is 2.26. The molecule has 0 unspecified atom stereocenters. The minimum absolute atomic E-state index is 0.0862. The van der Waals surface area contributed by atoms with E-state index in [2.05, 4.69) is 12.7 Å². The molecular formula is C17H24O4. The molecule has 21 heavy (non-hydrogen) atoms. The standard InChI is InChI=1S/C17H24O4/c1-11-5-8-15(13(3)17(19)20)9-7-12(2)16(10-6-11)21-14(4)18/h6-7,15-16H,3,5,8-10H2,1-2,4H3,(H,19,20)/b11-6+,12-7+/t15-,16-/m1/s1. The van der Waals surface area contributed by atoms with Crippen LogP contribution in [0.1, 0.15) is 46.5 Å². The van der Waals surface area contributed by atoms with E-state index in [0.29, 0.717) is 12.8 Å². The van der Waals surface area contributed by atoms with E-state index in [0.717, 1.165) is 18.4 Å². The Balaban J connectivity index is 2.96. The van der Waals surface area contributed by atoms with Crippen molar-refractivity contribution in [2.24, 2.45) is 5.92 Å². The van der Waals surface area contributed by atoms with Crippen molar-refractivity contribution >= 4 is 11.9 Å². The second-order valence-corrected chi connectivity index (χ2v) is 5.63. The van der Waals surface area contributed by atoms with Crippen molar-refractivity contribution in [3.05, 3.63) is 35.5 Å². The normalized spacial score (nSPS) is 28.5. The number of carboxylic acids is 1. The number of esters is 1. The Hall–Kier alpha value is -1.84. The second kappa shape index (κ2) is 7.81. The first-order valence-electron chi connectivity index (χ1n) is 7.22. The number of aliphatic carboxylic acids is 1. The summed E-state index contributed by atoms with van der Waals surface area (Å²) in [7, 11) is 0. The SMILES string of the molecule is C=C(C(=O)O)[C@H]1C/C=C(\C)[C@H](OC(C)=O)C/C=C(\C)CC1. The zero-order valence-corrected chi connectivity index (χ0v) is 13.0. The maximum Gasteiger partial charge on any atom is 0.331 e. The molecule has 2 atom stereocenters. The summed E-state index contributed by atoms with van der Waals surface area (Å²) in [6.45, 7) is 9.02. The van der Waals surface area contributed by atoms with Crippen molar-refractivity contribution in [3.8, 4) is 0 Å². The molecule has 1 aliphatic rings. The Morgan fingerprint density at radius 3 is 2.52 bits per heavy atom. The van der Waals surface area contributed by atoms with Crippen LogP contribution in [0.4, 0.5) is 0 Å². The van der Waals surface area contributed by atoms with Crippen molar-refractivity contribution in [2.75, 3.05) is 0 Å². The van der Waals surface area contributed by atoms with Gasteiger partial charge in [-0.3, -0.25) is 4.79 Å². The van der Waals surface area contributed by atoms with Gasteiger partial charge in [0.25, 0.3) is 0 Å². The zero-order chi connectivity index (χ0) is 16.0. The van der Waals surface area contributed by atoms with Crippen LogP contribution in [0.15, 0.2) is 35.5 Å². The van der Waals surface area contributed by atoms with Gasteiger partial charge in [0.2, 0.25) is 0 Å². The quantitative estimate of drug-likeness (QED) is 0.490. The van der Waals surface area contributed by atoms with E-state index in [1.54, 1.807) is 0 Å². The molecule has 1 N–H and O–H groups in total. The summed E-state index contributed by atoms with van der Waals surface area (Å²) in [5.41, 5.74) is 2.39. The van der Waals surface area contributed by atoms with E-state index in [1.807, 2.05) is 19.9 Å². The number of hydrogen-bond donors (Lipinski definition) is 1. The van der Waals surface area contributed by atoms with Crippen molar-refractivity contribution < 1.29 is 19.4 Å². The smallest absolute Gasteiger partial charge is 0.331 e. The van der Waals surface area contributed by atoms with Gasteiger partial charge in [0.1, 0.15) is 6.10 Å². The topological polar surface area (TPSA) is 63.6 Å². The zero-order valence-electron chi connectivity index (χ0n) is 13.0. The highest BCUT2D eigenvalue weighted by Gasteiger charge is 2.20. The average molecular weight is 292 g/mol. The minimum Gasteiger partial charge on any atom is -0.478 e. The van der Waals surface area contributed by atoms with Crippen LogP contribution in [0.25, 0.3) is 0 Å². The summed E-state index contributed by atoms with van der Waals surface area (Å²) in [6.07, 6.45) is 6.65. The highest BCUT2D eigenvalue weighted by atomic mass is 16.5. The number of ether oxygens (including phenoxy) is 1. The second-order valence-electron chi connectivity index (χ2n) is 5.63. The fourth-order valence-electron chi connectivity index (χ4n) is 2.41. The van der Waals surface area contributed by atoms with Crippen molar-refractivity contribution in [3.63, 3.8) is 0 Å². The molecule has 0 aromatic heterocycles. The molecule has 0 radical (unpaired) electrons. The highest BCUT2D eigenvalue weighted by molar-refractivity contribution is 5.86. The van der Waals surface area contributed by atoms with E-state index in [1.165, 1.54) is 12.5 Å². The maximum absolute atomic E-state index is 11.2. The third kappa shape index (κ3) is 5.58. The van der Waals surface area contributed by atoms with Crippen LogP contribution in [-0.2, 0) is 14.3 Å². The molecule has 116 valence electrons. The van der Waals surface area contributed by atoms with Gasteiger partial charge in [-0.05, 0) is 44.6 Å². The molecule has 0 bridgehead atoms. The summed E-state index contributed by atoms with van der Waals surface area (Å²) in [5, 5.41) is 9.12. The molecule has 0 saturated carbocycles. The lowest BCUT2D eigenvalue weighted by molar-refractivity contribution is -0.144. The number of rotatable bonds is 3. The van der Waals surface area contributed by atoms with Gasteiger partial charge in [0.15, 0.2) is 0 Å². The molecule has 4 nitrogen and oxygen atoms in total. The predicted octanol–water partition coefficient (Wildman–Crippen LogP) is 3.64. The van der Waals surface area contributed by atoms with Gasteiger partial charge in [-0.1, -0.05) is 24.3 Å². The Morgan fingerprint density at radius 2 is 1.95 bits per heavy atom. The van der Waals surface area contributed by atoms with E-state index in [4.69, 9.17) is 9.84 Å². The molecule has 0 amide bonds. The molecule has 0 spiro atoms. The Bertz CT molecular complexity index is 485. The van der Waals surface area contributed by atoms with Crippen molar-refractivity contribution in [1.82, 2.24) is 0 Å². The molecular weight excluding hydrogens is 268 g/mol. The van der Waals surface area contributed by atoms with Crippen LogP contribution in [0.2, 0.25) is 0 Å². The molecule has 1 aliphatic carbocycles. The molecule has 0 heterocycles. The van der Waals surface area contributed by atoms with Crippen LogP contribution < -0.4 is 0 Å². The van der Waals surface area contributed by atoms with Gasteiger partial charge in [-0.15, -0.1) is 0 Å². The average Bonchev–Trinajstić information content (AvgIpc) is 2.41. The van der Waals surface area contributed by atoms with Crippen LogP contribution in [0.5, 0.6) is 0 Å². The molecule has 1 rings (SSSR count). The molecule has 0 aliphatic heterocycles. The summed E-state index contributed by atoms with van der Waals surface area (Å²) in [6, 6.07) is 0. The van der Waals surface area contributed by atoms with Crippen LogP contribution in [-0.4, -0.2) is 23.1 Å². The van der Waals surface area contributed by atoms with Gasteiger partial charge in [-0.2, -0.15) is 0 Å². The number of carboxylic acid groups (broad SMARTS) is 1. The lowest BCUT2D eigenvalue weighted by Gasteiger charge is -2.21. The van der Waals surface area contributed by atoms with Gasteiger partial charge >= 0.3 is 11.9 Å². The molecule has 0 saturated heterocycles. The minimum atomic E-state index is -0.943. The monoisotopic (exact) mass is 292 g/mol. The fourth-order valence-corrected chi connectivity index (χ4v) is 2.41. The van der Waals surface area contributed by atoms with Gasteiger partial charge in [0.05, 0.1) is 0 Å². The van der Waals surface area contributed by atoms with Crippen LogP contribution in [0, 0.1) is 5.92 Å². The lowest BCUT2D eigenvalue weighted by atomic mass is 9.87. The van der Waals surface area contributed by atoms with Gasteiger partial charge in [0, 0.05) is 18.9 Å². The Labute approximate surface area is 126 Å². The molecule has 0 aromatic rings. The first-order chi connectivity index (χ1) is 9.81. The third-order valence-corrected chi connectivity index (χ3v) is 3.88. The van der Waals surface area contributed by atoms with E-state index < -0.39 is 5.97 Å². The fraction of sp³-hybridized carbons (Fsp3) is 0.529. The lowest BCUT2D eigenvalue weighted by Crippen LogP contribution is -2.18. The summed E-state index contributed by atoms with van der Waals surface area (Å²) >= 11 is 0. The molecule has 4 heteroatoms. The van der Waals surface area contributed by atoms with E-state index in [9.17, 15) is 9.59 Å². The number of allylic oxidation sites excluding steroid dienone is 2.